The van der Waals surface area contributed by atoms with E-state index in [1.165, 1.54) is 17.7 Å². The van der Waals surface area contributed by atoms with E-state index < -0.39 is 0 Å². The first kappa shape index (κ1) is 19.6. The van der Waals surface area contributed by atoms with Gasteiger partial charge in [0, 0.05) is 43.8 Å². The van der Waals surface area contributed by atoms with Crippen LogP contribution in [0.15, 0.2) is 65.4 Å². The monoisotopic (exact) mass is 390 g/mol. The summed E-state index contributed by atoms with van der Waals surface area (Å²) >= 11 is 0. The van der Waals surface area contributed by atoms with Gasteiger partial charge in [0.1, 0.15) is 0 Å². The van der Waals surface area contributed by atoms with Crippen molar-refractivity contribution in [3.63, 3.8) is 0 Å². The molecule has 4 rings (SSSR count). The van der Waals surface area contributed by atoms with Gasteiger partial charge in [-0.25, -0.2) is 0 Å². The topological polar surface area (TPSA) is 54.2 Å². The molecule has 1 aromatic carbocycles. The molecule has 0 unspecified atom stereocenters. The molecule has 2 heterocycles. The first-order valence-corrected chi connectivity index (χ1v) is 10.4. The first-order chi connectivity index (χ1) is 14.0. The fourth-order valence-electron chi connectivity index (χ4n) is 4.24. The second kappa shape index (κ2) is 8.37. The Morgan fingerprint density at radius 3 is 2.72 bits per heavy atom. The molecule has 0 amide bonds. The summed E-state index contributed by atoms with van der Waals surface area (Å²) in [6.45, 7) is 6.30. The number of hydrogen-bond donors (Lipinski definition) is 1. The molecule has 0 radical (unpaired) electrons. The van der Waals surface area contributed by atoms with Crippen LogP contribution in [0.4, 0.5) is 5.69 Å². The molecule has 2 aromatic heterocycles. The van der Waals surface area contributed by atoms with Crippen LogP contribution in [0.3, 0.4) is 0 Å². The molecule has 1 aliphatic carbocycles. The van der Waals surface area contributed by atoms with Crippen LogP contribution in [0, 0.1) is 11.3 Å². The number of hydrogen-bond acceptors (Lipinski definition) is 5. The highest BCUT2D eigenvalue weighted by Crippen LogP contribution is 2.47. The molecule has 3 aromatic rings. The highest BCUT2D eigenvalue weighted by molar-refractivity contribution is 5.45. The fraction of sp³-hybridized carbons (Fsp3) is 0.417. The molecule has 1 fully saturated rings. The van der Waals surface area contributed by atoms with Gasteiger partial charge in [0.15, 0.2) is 5.76 Å². The number of para-hydroxylation sites is 1. The summed E-state index contributed by atoms with van der Waals surface area (Å²) in [5.74, 6) is 1.52. The van der Waals surface area contributed by atoms with Gasteiger partial charge in [0.2, 0.25) is 0 Å². The average Bonchev–Trinajstić information content (AvgIpc) is 3.18. The smallest absolute Gasteiger partial charge is 0.156 e. The van der Waals surface area contributed by atoms with E-state index in [9.17, 15) is 0 Å². The van der Waals surface area contributed by atoms with Gasteiger partial charge in [-0.2, -0.15) is 0 Å². The van der Waals surface area contributed by atoms with Gasteiger partial charge in [-0.15, -0.1) is 0 Å². The molecule has 0 spiro atoms. The summed E-state index contributed by atoms with van der Waals surface area (Å²) < 4.78 is 5.61. The quantitative estimate of drug-likeness (QED) is 0.616. The fourth-order valence-corrected chi connectivity index (χ4v) is 4.24. The Balaban J connectivity index is 1.29. The van der Waals surface area contributed by atoms with Gasteiger partial charge >= 0.3 is 0 Å². The Hall–Kier alpha value is -2.66. The van der Waals surface area contributed by atoms with Crippen LogP contribution in [0.1, 0.15) is 37.3 Å². The van der Waals surface area contributed by atoms with Crippen LogP contribution in [0.2, 0.25) is 0 Å². The minimum absolute atomic E-state index is 0.238. The van der Waals surface area contributed by atoms with E-state index in [2.05, 4.69) is 77.7 Å². The van der Waals surface area contributed by atoms with Crippen molar-refractivity contribution in [2.75, 3.05) is 11.9 Å². The highest BCUT2D eigenvalue weighted by atomic mass is 16.5. The highest BCUT2D eigenvalue weighted by Gasteiger charge is 2.47. The van der Waals surface area contributed by atoms with E-state index in [-0.39, 0.29) is 5.41 Å². The van der Waals surface area contributed by atoms with Gasteiger partial charge in [-0.05, 0) is 47.9 Å². The molecule has 0 saturated heterocycles. The van der Waals surface area contributed by atoms with Crippen LogP contribution in [-0.2, 0) is 19.5 Å². The number of nitrogens with zero attached hydrogens (tertiary/aromatic N) is 3. The van der Waals surface area contributed by atoms with Gasteiger partial charge < -0.3 is 14.7 Å². The molecule has 1 saturated carbocycles. The van der Waals surface area contributed by atoms with Gasteiger partial charge in [-0.3, -0.25) is 4.98 Å². The number of benzene rings is 1. The Bertz CT molecular complexity index is 907. The molecular formula is C24H30N4O. The summed E-state index contributed by atoms with van der Waals surface area (Å²) in [7, 11) is 2.07. The van der Waals surface area contributed by atoms with Crippen LogP contribution in [0.5, 0.6) is 0 Å². The Morgan fingerprint density at radius 1 is 1.17 bits per heavy atom. The van der Waals surface area contributed by atoms with Crippen molar-refractivity contribution in [2.45, 2.75) is 45.8 Å². The lowest BCUT2D eigenvalue weighted by atomic mass is 9.57. The molecule has 0 bridgehead atoms. The number of nitrogens with one attached hydrogen (secondary N) is 1. The summed E-state index contributed by atoms with van der Waals surface area (Å²) in [6, 6.07) is 17.1. The van der Waals surface area contributed by atoms with E-state index in [0.29, 0.717) is 12.0 Å². The standard InChI is InChI=1S/C24H30N4O/c1-24(2)19(13-23(24)26-16-18-8-7-11-25-15-18)12-20-14-22(29-27-20)17-28(3)21-9-5-4-6-10-21/h4-11,14-15,19,23,26H,12-13,16-17H2,1-3H3/t19-,23+/m1/s1. The van der Waals surface area contributed by atoms with E-state index in [1.807, 2.05) is 24.5 Å². The van der Waals surface area contributed by atoms with Crippen molar-refractivity contribution in [3.05, 3.63) is 77.9 Å². The molecule has 29 heavy (non-hydrogen) atoms. The van der Waals surface area contributed by atoms with E-state index in [4.69, 9.17) is 4.52 Å². The summed E-state index contributed by atoms with van der Waals surface area (Å²) in [5.41, 5.74) is 3.70. The first-order valence-electron chi connectivity index (χ1n) is 10.4. The predicted molar refractivity (Wildman–Crippen MR) is 116 cm³/mol. The SMILES string of the molecule is CN(Cc1cc(C[C@@H]2C[C@H](NCc3cccnc3)C2(C)C)no1)c1ccccc1. The van der Waals surface area contributed by atoms with Gasteiger partial charge in [0.05, 0.1) is 12.2 Å². The maximum absolute atomic E-state index is 5.61. The van der Waals surface area contributed by atoms with Crippen molar-refractivity contribution < 1.29 is 4.52 Å². The molecule has 5 nitrogen and oxygen atoms in total. The second-order valence-corrected chi connectivity index (χ2v) is 8.73. The van der Waals surface area contributed by atoms with Crippen LogP contribution < -0.4 is 10.2 Å². The number of rotatable bonds is 8. The molecular weight excluding hydrogens is 360 g/mol. The lowest BCUT2D eigenvalue weighted by Gasteiger charge is -2.52. The maximum atomic E-state index is 5.61. The van der Waals surface area contributed by atoms with E-state index in [0.717, 1.165) is 31.0 Å². The van der Waals surface area contributed by atoms with Crippen molar-refractivity contribution >= 4 is 5.69 Å². The van der Waals surface area contributed by atoms with E-state index >= 15 is 0 Å². The summed E-state index contributed by atoms with van der Waals surface area (Å²) in [4.78, 5) is 6.37. The second-order valence-electron chi connectivity index (χ2n) is 8.73. The Kier molecular flexibility index (Phi) is 5.67. The van der Waals surface area contributed by atoms with Crippen LogP contribution in [0.25, 0.3) is 0 Å². The maximum Gasteiger partial charge on any atom is 0.156 e. The third kappa shape index (κ3) is 4.51. The molecule has 1 N–H and O–H groups in total. The molecule has 1 aliphatic rings. The van der Waals surface area contributed by atoms with E-state index in [1.54, 1.807) is 0 Å². The van der Waals surface area contributed by atoms with Crippen LogP contribution in [-0.4, -0.2) is 23.2 Å². The summed E-state index contributed by atoms with van der Waals surface area (Å²) in [6.07, 6.45) is 5.88. The third-order valence-corrected chi connectivity index (χ3v) is 6.40. The third-order valence-electron chi connectivity index (χ3n) is 6.40. The van der Waals surface area contributed by atoms with Gasteiger partial charge in [-0.1, -0.05) is 43.3 Å². The lowest BCUT2D eigenvalue weighted by Crippen LogP contribution is -2.57. The largest absolute Gasteiger partial charge is 0.367 e. The van der Waals surface area contributed by atoms with Crippen molar-refractivity contribution in [1.29, 1.82) is 0 Å². The number of aromatic nitrogens is 2. The Labute approximate surface area is 173 Å². The zero-order valence-corrected chi connectivity index (χ0v) is 17.5. The van der Waals surface area contributed by atoms with Gasteiger partial charge in [0.25, 0.3) is 0 Å². The summed E-state index contributed by atoms with van der Waals surface area (Å²) in [5, 5.41) is 8.04. The minimum atomic E-state index is 0.238. The molecule has 152 valence electrons. The molecule has 5 heteroatoms. The van der Waals surface area contributed by atoms with Crippen molar-refractivity contribution in [3.8, 4) is 0 Å². The van der Waals surface area contributed by atoms with Crippen molar-refractivity contribution in [2.24, 2.45) is 11.3 Å². The normalized spacial score (nSPS) is 20.2. The zero-order valence-electron chi connectivity index (χ0n) is 17.5. The lowest BCUT2D eigenvalue weighted by molar-refractivity contribution is 0.0125. The number of anilines is 1. The minimum Gasteiger partial charge on any atom is -0.367 e. The molecule has 2 atom stereocenters. The predicted octanol–water partition coefficient (Wildman–Crippen LogP) is 4.45. The average molecular weight is 391 g/mol. The Morgan fingerprint density at radius 2 is 2.00 bits per heavy atom. The zero-order chi connectivity index (χ0) is 20.3. The number of pyridine rings is 1. The van der Waals surface area contributed by atoms with Crippen molar-refractivity contribution in [1.82, 2.24) is 15.5 Å². The molecule has 0 aliphatic heterocycles. The van der Waals surface area contributed by atoms with Crippen LogP contribution >= 0.6 is 0 Å².